The molecule has 34 heavy (non-hydrogen) atoms. The second-order valence-electron chi connectivity index (χ2n) is 9.67. The number of nitrogens with one attached hydrogen (secondary N) is 1. The number of pyridine rings is 1. The van der Waals surface area contributed by atoms with E-state index in [2.05, 4.69) is 66.0 Å². The summed E-state index contributed by atoms with van der Waals surface area (Å²) in [6.45, 7) is 12.1. The zero-order chi connectivity index (χ0) is 24.0. The van der Waals surface area contributed by atoms with Crippen molar-refractivity contribution in [2.45, 2.75) is 45.6 Å². The monoisotopic (exact) mass is 461 g/mol. The number of hydrogen-bond donors (Lipinski definition) is 1. The first-order valence-electron chi connectivity index (χ1n) is 12.3. The van der Waals surface area contributed by atoms with Gasteiger partial charge in [-0.15, -0.1) is 0 Å². The smallest absolute Gasteiger partial charge is 0.160 e. The molecule has 1 N–H and O–H groups in total. The summed E-state index contributed by atoms with van der Waals surface area (Å²) in [5.41, 5.74) is 4.46. The van der Waals surface area contributed by atoms with Gasteiger partial charge in [0.25, 0.3) is 0 Å². The number of hydrogen-bond acceptors (Lipinski definition) is 4. The predicted molar refractivity (Wildman–Crippen MR) is 136 cm³/mol. The van der Waals surface area contributed by atoms with Crippen molar-refractivity contribution in [1.29, 1.82) is 0 Å². The van der Waals surface area contributed by atoms with E-state index in [4.69, 9.17) is 4.74 Å². The third-order valence-corrected chi connectivity index (χ3v) is 7.12. The molecule has 0 amide bonds. The van der Waals surface area contributed by atoms with Crippen LogP contribution in [0.5, 0.6) is 0 Å². The van der Waals surface area contributed by atoms with Gasteiger partial charge in [0.2, 0.25) is 0 Å². The first-order chi connectivity index (χ1) is 16.4. The van der Waals surface area contributed by atoms with E-state index in [0.29, 0.717) is 12.4 Å². The molecule has 2 heterocycles. The Morgan fingerprint density at radius 1 is 1.15 bits per heavy atom. The first kappa shape index (κ1) is 24.2. The van der Waals surface area contributed by atoms with E-state index >= 15 is 0 Å². The molecule has 1 aliphatic heterocycles. The molecule has 4 rings (SSSR count). The van der Waals surface area contributed by atoms with Crippen LogP contribution in [0, 0.1) is 12.3 Å². The fourth-order valence-corrected chi connectivity index (χ4v) is 4.59. The van der Waals surface area contributed by atoms with Crippen molar-refractivity contribution in [3.63, 3.8) is 0 Å². The largest absolute Gasteiger partial charge is 0.490 e. The van der Waals surface area contributed by atoms with Crippen molar-refractivity contribution in [1.82, 2.24) is 15.2 Å². The van der Waals surface area contributed by atoms with Crippen molar-refractivity contribution in [3.8, 4) is 0 Å². The van der Waals surface area contributed by atoms with Crippen LogP contribution in [0.2, 0.25) is 0 Å². The van der Waals surface area contributed by atoms with Gasteiger partial charge in [0.1, 0.15) is 6.61 Å². The lowest BCUT2D eigenvalue weighted by atomic mass is 9.77. The minimum atomic E-state index is -0.226. The van der Waals surface area contributed by atoms with E-state index in [1.54, 1.807) is 6.08 Å². The fourth-order valence-electron chi connectivity index (χ4n) is 4.59. The summed E-state index contributed by atoms with van der Waals surface area (Å²) >= 11 is 0. The summed E-state index contributed by atoms with van der Waals surface area (Å²) < 4.78 is 19.5. The Hall–Kier alpha value is -2.92. The normalized spacial score (nSPS) is 19.0. The lowest BCUT2D eigenvalue weighted by Gasteiger charge is -2.42. The van der Waals surface area contributed by atoms with Gasteiger partial charge in [-0.1, -0.05) is 49.4 Å². The van der Waals surface area contributed by atoms with Gasteiger partial charge in [-0.3, -0.25) is 9.88 Å². The van der Waals surface area contributed by atoms with Crippen LogP contribution in [0.15, 0.2) is 84.7 Å². The summed E-state index contributed by atoms with van der Waals surface area (Å²) in [6.07, 6.45) is 8.93. The third kappa shape index (κ3) is 5.95. The average molecular weight is 462 g/mol. The highest BCUT2D eigenvalue weighted by molar-refractivity contribution is 5.32. The molecule has 1 atom stereocenters. The molecule has 180 valence electrons. The van der Waals surface area contributed by atoms with Crippen LogP contribution in [-0.2, 0) is 4.74 Å². The summed E-state index contributed by atoms with van der Waals surface area (Å²) in [6, 6.07) is 14.6. The van der Waals surface area contributed by atoms with Crippen LogP contribution in [-0.4, -0.2) is 36.1 Å². The van der Waals surface area contributed by atoms with Crippen molar-refractivity contribution in [3.05, 3.63) is 101 Å². The van der Waals surface area contributed by atoms with Crippen molar-refractivity contribution in [2.24, 2.45) is 5.41 Å². The van der Waals surface area contributed by atoms with E-state index in [-0.39, 0.29) is 17.3 Å². The quantitative estimate of drug-likeness (QED) is 0.480. The van der Waals surface area contributed by atoms with Gasteiger partial charge in [0.05, 0.1) is 11.7 Å². The van der Waals surface area contributed by atoms with Crippen LogP contribution in [0.3, 0.4) is 0 Å². The summed E-state index contributed by atoms with van der Waals surface area (Å²) in [7, 11) is 0. The molecule has 2 aromatic rings. The summed E-state index contributed by atoms with van der Waals surface area (Å²) in [4.78, 5) is 7.03. The third-order valence-electron chi connectivity index (χ3n) is 7.12. The van der Waals surface area contributed by atoms with Gasteiger partial charge in [-0.05, 0) is 75.5 Å². The Bertz CT molecular complexity index is 1020. The maximum absolute atomic E-state index is 13.8. The average Bonchev–Trinajstić information content (AvgIpc) is 2.86. The molecule has 2 aliphatic rings. The molecule has 1 aromatic heterocycles. The van der Waals surface area contributed by atoms with Crippen molar-refractivity contribution < 1.29 is 9.13 Å². The Kier molecular flexibility index (Phi) is 7.84. The molecule has 5 heteroatoms. The van der Waals surface area contributed by atoms with E-state index in [9.17, 15) is 4.39 Å². The Balaban J connectivity index is 1.34. The van der Waals surface area contributed by atoms with E-state index < -0.39 is 0 Å². The minimum Gasteiger partial charge on any atom is -0.490 e. The fraction of sp³-hybridized carbons (Fsp3) is 0.414. The van der Waals surface area contributed by atoms with Gasteiger partial charge in [0, 0.05) is 23.9 Å². The lowest BCUT2D eigenvalue weighted by Crippen LogP contribution is -2.43. The lowest BCUT2D eigenvalue weighted by molar-refractivity contribution is 0.102. The number of ether oxygens (including phenoxy) is 1. The van der Waals surface area contributed by atoms with E-state index in [1.165, 1.54) is 11.1 Å². The molecular weight excluding hydrogens is 425 g/mol. The highest BCUT2D eigenvalue weighted by Crippen LogP contribution is 2.38. The minimum absolute atomic E-state index is 0.00414. The highest BCUT2D eigenvalue weighted by atomic mass is 19.1. The molecule has 0 radical (unpaired) electrons. The number of rotatable bonds is 9. The molecule has 1 fully saturated rings. The molecule has 0 spiro atoms. The Morgan fingerprint density at radius 2 is 1.88 bits per heavy atom. The summed E-state index contributed by atoms with van der Waals surface area (Å²) in [5, 5.41) is 3.73. The maximum atomic E-state index is 13.8. The molecular formula is C29H36FN3O. The van der Waals surface area contributed by atoms with Crippen LogP contribution in [0.4, 0.5) is 4.39 Å². The molecule has 0 saturated carbocycles. The van der Waals surface area contributed by atoms with Crippen LogP contribution < -0.4 is 5.32 Å². The molecule has 1 unspecified atom stereocenters. The molecule has 1 aliphatic carbocycles. The van der Waals surface area contributed by atoms with Gasteiger partial charge in [-0.25, -0.2) is 4.39 Å². The zero-order valence-corrected chi connectivity index (χ0v) is 20.4. The van der Waals surface area contributed by atoms with Crippen molar-refractivity contribution in [2.75, 3.05) is 26.2 Å². The molecule has 1 aromatic carbocycles. The predicted octanol–water partition coefficient (Wildman–Crippen LogP) is 6.23. The zero-order valence-electron chi connectivity index (χ0n) is 20.4. The van der Waals surface area contributed by atoms with Gasteiger partial charge in [-0.2, -0.15) is 0 Å². The number of halogens is 1. The highest BCUT2D eigenvalue weighted by Gasteiger charge is 2.34. The standard InChI is InChI=1S/C29H36FN3O/c1-22-11-13-24(14-12-22)28(26-9-6-7-17-31-26)32-23(2)29(3)15-18-33(19-16-29)20-21-34-27-10-5-4-8-25(27)30/h6-14,17,28,32H,2,4-5,15-16,18-21H2,1,3H3. The van der Waals surface area contributed by atoms with Gasteiger partial charge >= 0.3 is 0 Å². The topological polar surface area (TPSA) is 37.4 Å². The van der Waals surface area contributed by atoms with Crippen LogP contribution >= 0.6 is 0 Å². The Labute approximate surface area is 203 Å². The maximum Gasteiger partial charge on any atom is 0.160 e. The van der Waals surface area contributed by atoms with E-state index in [1.807, 2.05) is 24.4 Å². The van der Waals surface area contributed by atoms with Crippen LogP contribution in [0.25, 0.3) is 0 Å². The van der Waals surface area contributed by atoms with Crippen LogP contribution in [0.1, 0.15) is 55.5 Å². The number of allylic oxidation sites excluding steroid dienone is 4. The first-order valence-corrected chi connectivity index (χ1v) is 12.3. The summed E-state index contributed by atoms with van der Waals surface area (Å²) in [5.74, 6) is 0.179. The molecule has 1 saturated heterocycles. The molecule has 4 nitrogen and oxygen atoms in total. The SMILES string of the molecule is C=C(NC(c1ccc(C)cc1)c1ccccn1)C1(C)CCN(CCOC2=CCCC=C2F)CC1. The number of nitrogens with zero attached hydrogens (tertiary/aromatic N) is 2. The Morgan fingerprint density at radius 3 is 2.56 bits per heavy atom. The van der Waals surface area contributed by atoms with Gasteiger partial charge in [0.15, 0.2) is 11.6 Å². The number of aromatic nitrogens is 1. The van der Waals surface area contributed by atoms with Gasteiger partial charge < -0.3 is 10.1 Å². The number of benzene rings is 1. The molecule has 0 bridgehead atoms. The number of aryl methyl sites for hydroxylation is 1. The second kappa shape index (κ2) is 11.0. The van der Waals surface area contributed by atoms with Crippen molar-refractivity contribution >= 4 is 0 Å². The second-order valence-corrected chi connectivity index (χ2v) is 9.67. The number of likely N-dealkylation sites (tertiary alicyclic amines) is 1. The number of piperidine rings is 1. The van der Waals surface area contributed by atoms with E-state index in [0.717, 1.165) is 56.7 Å².